The van der Waals surface area contributed by atoms with Crippen LogP contribution in [-0.4, -0.2) is 29.2 Å². The number of aromatic amines is 2. The minimum absolute atomic E-state index is 0.0412. The van der Waals surface area contributed by atoms with E-state index in [0.29, 0.717) is 0 Å². The lowest BCUT2D eigenvalue weighted by atomic mass is 9.99. The van der Waals surface area contributed by atoms with E-state index >= 15 is 0 Å². The van der Waals surface area contributed by atoms with Crippen LogP contribution in [0, 0.1) is 5.92 Å². The van der Waals surface area contributed by atoms with Crippen LogP contribution in [0.25, 0.3) is 11.3 Å². The number of H-pyrrole nitrogens is 2. The van der Waals surface area contributed by atoms with Crippen LogP contribution >= 0.6 is 0 Å². The minimum Gasteiger partial charge on any atom is -0.326 e. The van der Waals surface area contributed by atoms with Gasteiger partial charge in [-0.3, -0.25) is 19.8 Å². The molecule has 0 radical (unpaired) electrons. The molecule has 1 aromatic carbocycles. The van der Waals surface area contributed by atoms with Crippen molar-refractivity contribution in [3.63, 3.8) is 0 Å². The molecular weight excluding hydrogens is 268 g/mol. The maximum Gasteiger partial charge on any atom is 0.264 e. The van der Waals surface area contributed by atoms with Crippen molar-refractivity contribution >= 4 is 11.6 Å². The summed E-state index contributed by atoms with van der Waals surface area (Å²) in [6.07, 6.45) is 1.97. The summed E-state index contributed by atoms with van der Waals surface area (Å²) >= 11 is 0. The molecule has 0 saturated carbocycles. The summed E-state index contributed by atoms with van der Waals surface area (Å²) < 4.78 is 0. The topological polar surface area (TPSA) is 89.8 Å². The first-order valence-electron chi connectivity index (χ1n) is 7.12. The predicted molar refractivity (Wildman–Crippen MR) is 81.1 cm³/mol. The van der Waals surface area contributed by atoms with Crippen LogP contribution < -0.4 is 16.2 Å². The van der Waals surface area contributed by atoms with Crippen molar-refractivity contribution in [3.8, 4) is 11.3 Å². The number of amides is 1. The van der Waals surface area contributed by atoms with Crippen LogP contribution in [0.2, 0.25) is 0 Å². The van der Waals surface area contributed by atoms with Crippen LogP contribution in [0.1, 0.15) is 12.8 Å². The lowest BCUT2D eigenvalue weighted by Gasteiger charge is -2.21. The number of anilines is 1. The van der Waals surface area contributed by atoms with Gasteiger partial charge in [-0.15, -0.1) is 0 Å². The fourth-order valence-corrected chi connectivity index (χ4v) is 2.54. The second kappa shape index (κ2) is 5.97. The summed E-state index contributed by atoms with van der Waals surface area (Å²) in [5, 5.41) is 11.5. The van der Waals surface area contributed by atoms with E-state index in [-0.39, 0.29) is 17.4 Å². The molecule has 1 amide bonds. The third kappa shape index (κ3) is 3.22. The number of aromatic nitrogens is 2. The molecule has 6 heteroatoms. The molecule has 1 saturated heterocycles. The molecule has 2 heterocycles. The second-order valence-electron chi connectivity index (χ2n) is 5.28. The highest BCUT2D eigenvalue weighted by Gasteiger charge is 2.20. The average molecular weight is 286 g/mol. The van der Waals surface area contributed by atoms with Gasteiger partial charge in [-0.2, -0.15) is 0 Å². The number of benzene rings is 1. The molecule has 1 aromatic heterocycles. The number of carbonyl (C=O) groups excluding carboxylic acids is 1. The van der Waals surface area contributed by atoms with E-state index in [1.165, 1.54) is 6.07 Å². The number of hydrogen-bond donors (Lipinski definition) is 4. The summed E-state index contributed by atoms with van der Waals surface area (Å²) in [7, 11) is 0. The Labute approximate surface area is 121 Å². The SMILES string of the molecule is O=C(Nc1ccc(-c2cc(=O)[nH][nH]2)cc1)C1CCCNC1. The van der Waals surface area contributed by atoms with Crippen LogP contribution in [0.5, 0.6) is 0 Å². The molecular formula is C15H18N4O2. The van der Waals surface area contributed by atoms with Gasteiger partial charge in [-0.25, -0.2) is 0 Å². The Morgan fingerprint density at radius 1 is 1.19 bits per heavy atom. The third-order valence-corrected chi connectivity index (χ3v) is 3.73. The monoisotopic (exact) mass is 286 g/mol. The van der Waals surface area contributed by atoms with Gasteiger partial charge >= 0.3 is 0 Å². The van der Waals surface area contributed by atoms with Gasteiger partial charge in [0.1, 0.15) is 0 Å². The highest BCUT2D eigenvalue weighted by atomic mass is 16.2. The fourth-order valence-electron chi connectivity index (χ4n) is 2.54. The van der Waals surface area contributed by atoms with Crippen molar-refractivity contribution in [2.45, 2.75) is 12.8 Å². The van der Waals surface area contributed by atoms with Crippen LogP contribution in [0.3, 0.4) is 0 Å². The molecule has 1 fully saturated rings. The molecule has 1 aliphatic heterocycles. The van der Waals surface area contributed by atoms with Gasteiger partial charge in [-0.1, -0.05) is 12.1 Å². The number of piperidine rings is 1. The first kappa shape index (κ1) is 13.6. The summed E-state index contributed by atoms with van der Waals surface area (Å²) in [4.78, 5) is 23.2. The summed E-state index contributed by atoms with van der Waals surface area (Å²) in [5.74, 6) is 0.101. The molecule has 1 aliphatic rings. The van der Waals surface area contributed by atoms with E-state index in [0.717, 1.165) is 42.9 Å². The Morgan fingerprint density at radius 2 is 2.00 bits per heavy atom. The predicted octanol–water partition coefficient (Wildman–Crippen LogP) is 1.31. The summed E-state index contributed by atoms with van der Waals surface area (Å²) in [6, 6.07) is 8.92. The van der Waals surface area contributed by atoms with Gasteiger partial charge in [0, 0.05) is 18.3 Å². The zero-order chi connectivity index (χ0) is 14.7. The largest absolute Gasteiger partial charge is 0.326 e. The van der Waals surface area contributed by atoms with Gasteiger partial charge < -0.3 is 10.6 Å². The van der Waals surface area contributed by atoms with E-state index in [2.05, 4.69) is 20.8 Å². The van der Waals surface area contributed by atoms with Crippen molar-refractivity contribution < 1.29 is 4.79 Å². The smallest absolute Gasteiger partial charge is 0.264 e. The van der Waals surface area contributed by atoms with Gasteiger partial charge in [0.05, 0.1) is 11.6 Å². The first-order valence-corrected chi connectivity index (χ1v) is 7.12. The van der Waals surface area contributed by atoms with Crippen molar-refractivity contribution in [2.24, 2.45) is 5.92 Å². The quantitative estimate of drug-likeness (QED) is 0.686. The zero-order valence-corrected chi connectivity index (χ0v) is 11.6. The van der Waals surface area contributed by atoms with E-state index in [1.807, 2.05) is 24.3 Å². The normalized spacial score (nSPS) is 18.4. The molecule has 4 N–H and O–H groups in total. The van der Waals surface area contributed by atoms with Gasteiger partial charge in [0.2, 0.25) is 5.91 Å². The Morgan fingerprint density at radius 3 is 2.62 bits per heavy atom. The van der Waals surface area contributed by atoms with Crippen molar-refractivity contribution in [3.05, 3.63) is 40.7 Å². The lowest BCUT2D eigenvalue weighted by molar-refractivity contribution is -0.120. The van der Waals surface area contributed by atoms with E-state index < -0.39 is 0 Å². The third-order valence-electron chi connectivity index (χ3n) is 3.73. The lowest BCUT2D eigenvalue weighted by Crippen LogP contribution is -2.37. The molecule has 21 heavy (non-hydrogen) atoms. The zero-order valence-electron chi connectivity index (χ0n) is 11.6. The van der Waals surface area contributed by atoms with Crippen LogP contribution in [0.4, 0.5) is 5.69 Å². The Bertz CT molecular complexity index is 665. The minimum atomic E-state index is -0.160. The fraction of sp³-hybridized carbons (Fsp3) is 0.333. The standard InChI is InChI=1S/C15H18N4O2/c20-14-8-13(18-19-14)10-3-5-12(6-4-10)17-15(21)11-2-1-7-16-9-11/h3-6,8,11,16H,1-2,7,9H2,(H,17,21)(H2,18,19,20). The van der Waals surface area contributed by atoms with Crippen molar-refractivity contribution in [2.75, 3.05) is 18.4 Å². The van der Waals surface area contributed by atoms with Crippen molar-refractivity contribution in [1.82, 2.24) is 15.5 Å². The molecule has 0 aliphatic carbocycles. The van der Waals surface area contributed by atoms with E-state index in [4.69, 9.17) is 0 Å². The van der Waals surface area contributed by atoms with E-state index in [1.54, 1.807) is 0 Å². The molecule has 6 nitrogen and oxygen atoms in total. The number of carbonyl (C=O) groups is 1. The van der Waals surface area contributed by atoms with Gasteiger partial charge in [0.15, 0.2) is 0 Å². The van der Waals surface area contributed by atoms with Crippen molar-refractivity contribution in [1.29, 1.82) is 0 Å². The number of hydrogen-bond acceptors (Lipinski definition) is 3. The molecule has 3 rings (SSSR count). The Hall–Kier alpha value is -2.34. The first-order chi connectivity index (χ1) is 10.2. The van der Waals surface area contributed by atoms with Crippen LogP contribution in [0.15, 0.2) is 35.1 Å². The van der Waals surface area contributed by atoms with Crippen LogP contribution in [-0.2, 0) is 4.79 Å². The molecule has 0 bridgehead atoms. The van der Waals surface area contributed by atoms with E-state index in [9.17, 15) is 9.59 Å². The second-order valence-corrected chi connectivity index (χ2v) is 5.28. The van der Waals surface area contributed by atoms with Gasteiger partial charge in [-0.05, 0) is 37.1 Å². The average Bonchev–Trinajstić information content (AvgIpc) is 2.95. The van der Waals surface area contributed by atoms with Gasteiger partial charge in [0.25, 0.3) is 5.56 Å². The maximum absolute atomic E-state index is 12.1. The highest BCUT2D eigenvalue weighted by molar-refractivity contribution is 5.93. The molecule has 110 valence electrons. The molecule has 2 aromatic rings. The Kier molecular flexibility index (Phi) is 3.87. The molecule has 0 spiro atoms. The summed E-state index contributed by atoms with van der Waals surface area (Å²) in [6.45, 7) is 1.74. The highest BCUT2D eigenvalue weighted by Crippen LogP contribution is 2.19. The summed E-state index contributed by atoms with van der Waals surface area (Å²) in [5.41, 5.74) is 2.24. The number of nitrogens with one attached hydrogen (secondary N) is 4. The molecule has 1 unspecified atom stereocenters. The molecule has 1 atom stereocenters. The maximum atomic E-state index is 12.1. The Balaban J connectivity index is 1.66. The number of rotatable bonds is 3.